The smallest absolute Gasteiger partial charge is 0.0994 e. The Hall–Kier alpha value is -6.44. The zero-order chi connectivity index (χ0) is 41.4. The van der Waals surface area contributed by atoms with Crippen LogP contribution in [0.3, 0.4) is 0 Å². The van der Waals surface area contributed by atoms with Crippen molar-refractivity contribution in [1.82, 2.24) is 9.13 Å². The monoisotopic (exact) mass is 1160 g/mol. The van der Waals surface area contributed by atoms with Crippen LogP contribution < -0.4 is 9.80 Å². The van der Waals surface area contributed by atoms with E-state index in [2.05, 4.69) is 173 Å². The number of para-hydroxylation sites is 5. The van der Waals surface area contributed by atoms with E-state index in [-0.39, 0.29) is 44.8 Å². The van der Waals surface area contributed by atoms with Crippen LogP contribution in [0.25, 0.3) is 38.8 Å². The third-order valence-electron chi connectivity index (χ3n) is 9.75. The van der Waals surface area contributed by atoms with Crippen LogP contribution >= 0.6 is 0 Å². The molecule has 0 aliphatic rings. The average Bonchev–Trinajstić information content (AvgIpc) is 3.78. The SMILES string of the molecule is C=C/C=C\C=C\N(CN(c1ccccc1)c1ccccc1)c1ccccc1.[Au].[Au].[C-]#CC(=C)/C=C\c1cn(C)c2ccccc12.[C-]#Cc1ccc2c3ccccc3n(C)c2c1. The fourth-order valence-electron chi connectivity index (χ4n) is 6.79. The molecule has 310 valence electrons. The fraction of sp³-hybridized carbons (Fsp3) is 0.0545. The summed E-state index contributed by atoms with van der Waals surface area (Å²) in [5.74, 6) is 4.68. The van der Waals surface area contributed by atoms with Crippen LogP contribution in [0.1, 0.15) is 11.1 Å². The summed E-state index contributed by atoms with van der Waals surface area (Å²) in [6, 6.07) is 53.9. The number of aryl methyl sites for hydroxylation is 2. The standard InChI is InChI=1S/C25H24N2.C15H10N.C15H12N.2Au/c1-2-3-4-14-21-26(23-15-8-5-9-16-23)22-27(24-17-10-6-11-18-24)25-19-12-7-13-20-25;1-3-11-8-9-13-12-6-4-5-7-14(12)16(2)15(13)10-11;1-4-12(2)9-10-13-11-16(3)15-8-6-5-7-14(13)15;;/h2-21H,1,22H2;4-10H,2H3;5-11H,2H2,3H3;;/q;2*-1;;/b4-3-,21-14+;;10-9-;;. The quantitative estimate of drug-likeness (QED) is 0.0446. The Morgan fingerprint density at radius 3 is 1.75 bits per heavy atom. The van der Waals surface area contributed by atoms with Crippen molar-refractivity contribution in [3.8, 4) is 11.8 Å². The molecule has 61 heavy (non-hydrogen) atoms. The number of allylic oxidation sites excluding steroid dienone is 6. The summed E-state index contributed by atoms with van der Waals surface area (Å²) >= 11 is 0. The molecule has 6 aromatic carbocycles. The van der Waals surface area contributed by atoms with Gasteiger partial charge in [0.2, 0.25) is 0 Å². The van der Waals surface area contributed by atoms with E-state index >= 15 is 0 Å². The van der Waals surface area contributed by atoms with Gasteiger partial charge in [-0.3, -0.25) is 11.8 Å². The molecule has 2 heterocycles. The summed E-state index contributed by atoms with van der Waals surface area (Å²) in [5, 5.41) is 3.70. The average molecular weight is 1160 g/mol. The normalized spacial score (nSPS) is 10.5. The van der Waals surface area contributed by atoms with Gasteiger partial charge in [0, 0.05) is 121 Å². The Morgan fingerprint density at radius 2 is 1.16 bits per heavy atom. The molecule has 0 amide bonds. The molecule has 0 aliphatic heterocycles. The van der Waals surface area contributed by atoms with E-state index in [4.69, 9.17) is 12.8 Å². The molecule has 4 nitrogen and oxygen atoms in total. The van der Waals surface area contributed by atoms with E-state index in [0.29, 0.717) is 12.2 Å². The molecule has 0 spiro atoms. The Morgan fingerprint density at radius 1 is 0.623 bits per heavy atom. The van der Waals surface area contributed by atoms with Crippen LogP contribution in [0.2, 0.25) is 0 Å². The van der Waals surface area contributed by atoms with Crippen LogP contribution in [0.5, 0.6) is 0 Å². The maximum atomic E-state index is 7.16. The van der Waals surface area contributed by atoms with Gasteiger partial charge < -0.3 is 31.8 Å². The molecule has 0 N–H and O–H groups in total. The number of rotatable bonds is 10. The first-order valence-electron chi connectivity index (χ1n) is 19.3. The van der Waals surface area contributed by atoms with E-state index in [1.807, 2.05) is 79.9 Å². The summed E-state index contributed by atoms with van der Waals surface area (Å²) in [5.41, 5.74) is 9.54. The zero-order valence-electron chi connectivity index (χ0n) is 34.1. The van der Waals surface area contributed by atoms with Gasteiger partial charge in [0.1, 0.15) is 0 Å². The number of nitrogens with zero attached hydrogens (tertiary/aromatic N) is 4. The van der Waals surface area contributed by atoms with Crippen molar-refractivity contribution >= 4 is 55.8 Å². The second-order valence-corrected chi connectivity index (χ2v) is 13.6. The molecule has 0 saturated heterocycles. The number of benzene rings is 6. The fourth-order valence-corrected chi connectivity index (χ4v) is 6.79. The first-order valence-corrected chi connectivity index (χ1v) is 19.3. The van der Waals surface area contributed by atoms with Gasteiger partial charge in [-0.15, -0.1) is 29.3 Å². The minimum atomic E-state index is 0. The van der Waals surface area contributed by atoms with Gasteiger partial charge in [-0.1, -0.05) is 128 Å². The van der Waals surface area contributed by atoms with Gasteiger partial charge in [-0.05, 0) is 60.2 Å². The van der Waals surface area contributed by atoms with Crippen LogP contribution in [-0.4, -0.2) is 15.8 Å². The predicted molar refractivity (Wildman–Crippen MR) is 252 cm³/mol. The van der Waals surface area contributed by atoms with Gasteiger partial charge in [-0.2, -0.15) is 6.58 Å². The molecule has 0 atom stereocenters. The molecule has 0 fully saturated rings. The second-order valence-electron chi connectivity index (χ2n) is 13.6. The second kappa shape index (κ2) is 24.0. The first-order chi connectivity index (χ1) is 28.9. The summed E-state index contributed by atoms with van der Waals surface area (Å²) in [4.78, 5) is 4.53. The minimum absolute atomic E-state index is 0. The topological polar surface area (TPSA) is 16.3 Å². The van der Waals surface area contributed by atoms with E-state index < -0.39 is 0 Å². The first kappa shape index (κ1) is 47.2. The minimum Gasteiger partial charge on any atom is -0.366 e. The van der Waals surface area contributed by atoms with E-state index in [9.17, 15) is 0 Å². The van der Waals surface area contributed by atoms with E-state index in [0.717, 1.165) is 33.7 Å². The molecular weight excluding hydrogens is 1110 g/mol. The number of fused-ring (bicyclic) bond motifs is 4. The largest absolute Gasteiger partial charge is 0.366 e. The van der Waals surface area contributed by atoms with Crippen molar-refractivity contribution in [2.75, 3.05) is 16.5 Å². The molecule has 8 aromatic rings. The van der Waals surface area contributed by atoms with Crippen molar-refractivity contribution in [3.63, 3.8) is 0 Å². The summed E-state index contributed by atoms with van der Waals surface area (Å²) in [6.07, 6.45) is 29.7. The predicted octanol–water partition coefficient (Wildman–Crippen LogP) is 13.1. The van der Waals surface area contributed by atoms with Crippen molar-refractivity contribution in [2.45, 2.75) is 0 Å². The van der Waals surface area contributed by atoms with Crippen molar-refractivity contribution < 1.29 is 44.8 Å². The van der Waals surface area contributed by atoms with Crippen molar-refractivity contribution in [2.24, 2.45) is 14.1 Å². The summed E-state index contributed by atoms with van der Waals surface area (Å²) < 4.78 is 4.25. The number of hydrogen-bond acceptors (Lipinski definition) is 2. The molecule has 2 radical (unpaired) electrons. The van der Waals surface area contributed by atoms with Gasteiger partial charge in [0.25, 0.3) is 0 Å². The molecule has 0 unspecified atom stereocenters. The maximum absolute atomic E-state index is 7.16. The Labute approximate surface area is 392 Å². The molecule has 6 heteroatoms. The zero-order valence-corrected chi connectivity index (χ0v) is 38.5. The van der Waals surface area contributed by atoms with Crippen molar-refractivity contribution in [1.29, 1.82) is 0 Å². The van der Waals surface area contributed by atoms with Gasteiger partial charge in [-0.25, -0.2) is 0 Å². The van der Waals surface area contributed by atoms with Crippen LogP contribution in [-0.2, 0) is 58.9 Å². The summed E-state index contributed by atoms with van der Waals surface area (Å²) in [6.45, 7) is 8.09. The molecule has 0 saturated carbocycles. The third-order valence-corrected chi connectivity index (χ3v) is 9.75. The molecule has 0 bridgehead atoms. The number of aromatic nitrogens is 2. The number of anilines is 3. The molecule has 8 rings (SSSR count). The maximum Gasteiger partial charge on any atom is 0.0994 e. The summed E-state index contributed by atoms with van der Waals surface area (Å²) in [7, 11) is 4.08. The van der Waals surface area contributed by atoms with E-state index in [1.54, 1.807) is 12.2 Å². The molecule has 2 aromatic heterocycles. The Kier molecular flexibility index (Phi) is 18.6. The van der Waals surface area contributed by atoms with Gasteiger partial charge in [0.05, 0.1) is 6.67 Å². The van der Waals surface area contributed by atoms with Gasteiger partial charge in [0.15, 0.2) is 0 Å². The Balaban J connectivity index is 0.000000209. The number of hydrogen-bond donors (Lipinski definition) is 0. The van der Waals surface area contributed by atoms with Crippen LogP contribution in [0.4, 0.5) is 17.1 Å². The molecule has 0 aliphatic carbocycles. The van der Waals surface area contributed by atoms with E-state index in [1.165, 1.54) is 27.2 Å². The van der Waals surface area contributed by atoms with Crippen molar-refractivity contribution in [3.05, 3.63) is 243 Å². The van der Waals surface area contributed by atoms with Gasteiger partial charge >= 0.3 is 0 Å². The van der Waals surface area contributed by atoms with Crippen LogP contribution in [0, 0.1) is 24.7 Å². The Bertz CT molecular complexity index is 2790. The van der Waals surface area contributed by atoms with Crippen LogP contribution in [0.15, 0.2) is 219 Å². The molecular formula is C55H46Au2N4-2. The third kappa shape index (κ3) is 12.3.